The topological polar surface area (TPSA) is 80.5 Å². The van der Waals surface area contributed by atoms with Gasteiger partial charge in [-0.3, -0.25) is 9.48 Å². The van der Waals surface area contributed by atoms with Crippen LogP contribution in [-0.4, -0.2) is 54.2 Å². The van der Waals surface area contributed by atoms with E-state index in [4.69, 9.17) is 9.84 Å². The maximum absolute atomic E-state index is 15.6. The molecule has 0 aliphatic carbocycles. The van der Waals surface area contributed by atoms with Crippen molar-refractivity contribution in [1.82, 2.24) is 15.0 Å². The van der Waals surface area contributed by atoms with Crippen LogP contribution in [0.2, 0.25) is 18.6 Å². The van der Waals surface area contributed by atoms with Gasteiger partial charge in [0.2, 0.25) is 8.41 Å². The fourth-order valence-corrected chi connectivity index (χ4v) is 8.24. The molecule has 0 unspecified atom stereocenters. The highest BCUT2D eigenvalue weighted by atomic mass is 79.9. The monoisotopic (exact) mass is 510 g/mol. The van der Waals surface area contributed by atoms with Crippen LogP contribution in [0, 0.1) is 5.92 Å². The summed E-state index contributed by atoms with van der Waals surface area (Å²) in [6, 6.07) is 5.73. The number of amides is 1. The molecule has 1 aromatic heterocycles. The van der Waals surface area contributed by atoms with E-state index >= 15 is 4.11 Å². The number of ether oxygens (including phenoxy) is 1. The molecule has 1 amide bonds. The quantitative estimate of drug-likeness (QED) is 0.475. The van der Waals surface area contributed by atoms with Crippen LogP contribution in [0.1, 0.15) is 24.6 Å². The van der Waals surface area contributed by atoms with Crippen LogP contribution < -0.4 is 4.90 Å². The zero-order valence-corrected chi connectivity index (χ0v) is 20.8. The van der Waals surface area contributed by atoms with Crippen LogP contribution in [0.4, 0.5) is 9.80 Å². The van der Waals surface area contributed by atoms with Crippen molar-refractivity contribution in [2.24, 2.45) is 5.92 Å². The molecule has 168 valence electrons. The molecule has 3 heterocycles. The number of nitrogens with zero attached hydrogens (tertiary/aromatic N) is 4. The number of fused-ring (bicyclic) bond motifs is 2. The Labute approximate surface area is 190 Å². The Balaban J connectivity index is 1.67. The summed E-state index contributed by atoms with van der Waals surface area (Å²) in [5, 5.41) is 17.2. The average molecular weight is 511 g/mol. The molecule has 0 bridgehead atoms. The summed E-state index contributed by atoms with van der Waals surface area (Å²) in [7, 11) is -1.41. The molecule has 31 heavy (non-hydrogen) atoms. The molecule has 2 aliphatic rings. The second kappa shape index (κ2) is 8.06. The van der Waals surface area contributed by atoms with E-state index in [1.165, 1.54) is 0 Å². The van der Waals surface area contributed by atoms with Crippen molar-refractivity contribution in [2.75, 3.05) is 18.6 Å². The Bertz CT molecular complexity index is 997. The fraction of sp³-hybridized carbons (Fsp3) is 0.571. The number of benzene rings is 1. The predicted molar refractivity (Wildman–Crippen MR) is 121 cm³/mol. The number of anilines is 1. The van der Waals surface area contributed by atoms with E-state index in [9.17, 15) is 4.79 Å². The van der Waals surface area contributed by atoms with Gasteiger partial charge in [0, 0.05) is 54.3 Å². The summed E-state index contributed by atoms with van der Waals surface area (Å²) in [6.45, 7) is 5.86. The number of hydrogen-bond acceptors (Lipinski definition) is 5. The molecule has 1 saturated heterocycles. The average Bonchev–Trinajstić information content (AvgIpc) is 3.32. The number of carbonyl (C=O) groups is 1. The first-order valence-corrected chi connectivity index (χ1v) is 14.3. The largest absolute Gasteiger partial charge is 0.396 e. The van der Waals surface area contributed by atoms with Crippen molar-refractivity contribution < 1.29 is 18.7 Å². The van der Waals surface area contributed by atoms with E-state index in [1.807, 2.05) is 25.1 Å². The number of rotatable bonds is 6. The molecular formula is C21H28BrFN4O3Si. The Morgan fingerprint density at radius 2 is 2.13 bits per heavy atom. The zero-order valence-electron chi connectivity index (χ0n) is 18.2. The smallest absolute Gasteiger partial charge is 0.264 e. The van der Waals surface area contributed by atoms with Gasteiger partial charge in [-0.2, -0.15) is 0 Å². The lowest BCUT2D eigenvalue weighted by Gasteiger charge is -2.31. The Kier molecular flexibility index (Phi) is 5.87. The SMILES string of the molecule is C[C@H]1[C@H]([Si](C)(C)F)[C@@H](CCn2cc(CCO)nn2)O[C@]12C(=O)N(C)c1ccc(Br)cc12. The molecule has 4 atom stereocenters. The minimum Gasteiger partial charge on any atom is -0.396 e. The number of halogens is 2. The minimum absolute atomic E-state index is 0.0127. The zero-order chi connectivity index (χ0) is 22.6. The van der Waals surface area contributed by atoms with Gasteiger partial charge in [0.05, 0.1) is 17.5 Å². The summed E-state index contributed by atoms with van der Waals surface area (Å²) in [6.07, 6.45) is 2.35. The molecule has 1 fully saturated rings. The standard InChI is InChI=1S/C21H28BrFN4O3Si/c1-13-19(31(3,4)23)18(7-9-27-12-15(8-10-28)24-25-27)30-21(13)16-11-14(22)5-6-17(16)26(2)20(21)29/h5-6,11-13,18-19,28H,7-10H2,1-4H3/t13-,18+,19-,21+/m0/s1. The van der Waals surface area contributed by atoms with Crippen molar-refractivity contribution in [2.45, 2.75) is 56.7 Å². The Morgan fingerprint density at radius 1 is 1.39 bits per heavy atom. The van der Waals surface area contributed by atoms with Crippen molar-refractivity contribution in [3.05, 3.63) is 40.1 Å². The Hall–Kier alpha value is -1.62. The van der Waals surface area contributed by atoms with Gasteiger partial charge < -0.3 is 18.9 Å². The highest BCUT2D eigenvalue weighted by Gasteiger charge is 2.66. The number of carbonyl (C=O) groups excluding carboxylic acids is 1. The third-order valence-corrected chi connectivity index (χ3v) is 9.60. The molecule has 7 nitrogen and oxygen atoms in total. The number of likely N-dealkylation sites (N-methyl/N-ethyl adjacent to an activating group) is 1. The molecule has 10 heteroatoms. The van der Waals surface area contributed by atoms with E-state index in [0.29, 0.717) is 25.1 Å². The van der Waals surface area contributed by atoms with E-state index in [-0.39, 0.29) is 24.0 Å². The molecule has 1 aromatic carbocycles. The molecule has 0 saturated carbocycles. The fourth-order valence-electron chi connectivity index (χ4n) is 5.33. The summed E-state index contributed by atoms with van der Waals surface area (Å²) in [5.74, 6) is -0.430. The van der Waals surface area contributed by atoms with Crippen molar-refractivity contribution in [3.63, 3.8) is 0 Å². The van der Waals surface area contributed by atoms with E-state index in [2.05, 4.69) is 26.2 Å². The number of aliphatic hydroxyl groups is 1. The van der Waals surface area contributed by atoms with Crippen LogP contribution in [0.5, 0.6) is 0 Å². The predicted octanol–water partition coefficient (Wildman–Crippen LogP) is 3.42. The number of hydrogen-bond donors (Lipinski definition) is 1. The van der Waals surface area contributed by atoms with Gasteiger partial charge in [0.25, 0.3) is 5.91 Å². The van der Waals surface area contributed by atoms with Crippen LogP contribution in [-0.2, 0) is 28.1 Å². The van der Waals surface area contributed by atoms with Crippen molar-refractivity contribution in [3.8, 4) is 0 Å². The van der Waals surface area contributed by atoms with Crippen LogP contribution in [0.3, 0.4) is 0 Å². The maximum atomic E-state index is 15.6. The lowest BCUT2D eigenvalue weighted by atomic mass is 9.82. The third-order valence-electron chi connectivity index (χ3n) is 6.65. The maximum Gasteiger partial charge on any atom is 0.264 e. The highest BCUT2D eigenvalue weighted by molar-refractivity contribution is 9.10. The Morgan fingerprint density at radius 3 is 2.81 bits per heavy atom. The lowest BCUT2D eigenvalue weighted by molar-refractivity contribution is -0.145. The van der Waals surface area contributed by atoms with Crippen LogP contribution >= 0.6 is 15.9 Å². The van der Waals surface area contributed by atoms with E-state index in [0.717, 1.165) is 15.7 Å². The summed E-state index contributed by atoms with van der Waals surface area (Å²) in [4.78, 5) is 15.1. The van der Waals surface area contributed by atoms with Crippen molar-refractivity contribution in [1.29, 1.82) is 0 Å². The van der Waals surface area contributed by atoms with Crippen LogP contribution in [0.15, 0.2) is 28.9 Å². The van der Waals surface area contributed by atoms with Crippen LogP contribution in [0.25, 0.3) is 0 Å². The van der Waals surface area contributed by atoms with Gasteiger partial charge in [-0.05, 0) is 37.7 Å². The summed E-state index contributed by atoms with van der Waals surface area (Å²) < 4.78 is 24.7. The number of aryl methyl sites for hydroxylation is 1. The third kappa shape index (κ3) is 3.67. The molecule has 1 spiro atoms. The molecule has 2 aromatic rings. The van der Waals surface area contributed by atoms with E-state index in [1.54, 1.807) is 35.9 Å². The molecule has 1 N–H and O–H groups in total. The second-order valence-electron chi connectivity index (χ2n) is 9.03. The normalized spacial score (nSPS) is 28.0. The first kappa shape index (κ1) is 22.6. The first-order valence-electron chi connectivity index (χ1n) is 10.5. The lowest BCUT2D eigenvalue weighted by Crippen LogP contribution is -2.44. The van der Waals surface area contributed by atoms with E-state index < -0.39 is 20.1 Å². The highest BCUT2D eigenvalue weighted by Crippen LogP contribution is 2.60. The van der Waals surface area contributed by atoms with Gasteiger partial charge >= 0.3 is 0 Å². The van der Waals surface area contributed by atoms with Gasteiger partial charge in [-0.15, -0.1) is 5.10 Å². The summed E-state index contributed by atoms with van der Waals surface area (Å²) >= 11 is 3.51. The van der Waals surface area contributed by atoms with Crippen molar-refractivity contribution >= 4 is 35.9 Å². The molecule has 4 rings (SSSR count). The van der Waals surface area contributed by atoms with Gasteiger partial charge in [0.15, 0.2) is 5.60 Å². The molecule has 0 radical (unpaired) electrons. The van der Waals surface area contributed by atoms with Gasteiger partial charge in [-0.25, -0.2) is 0 Å². The number of aromatic nitrogens is 3. The van der Waals surface area contributed by atoms with Gasteiger partial charge in [0.1, 0.15) is 0 Å². The molecule has 2 aliphatic heterocycles. The summed E-state index contributed by atoms with van der Waals surface area (Å²) in [5.41, 5.74) is 0.809. The second-order valence-corrected chi connectivity index (χ2v) is 13.7. The molecular weight excluding hydrogens is 483 g/mol. The first-order chi connectivity index (χ1) is 14.6. The number of aliphatic hydroxyl groups excluding tert-OH is 1. The van der Waals surface area contributed by atoms with Gasteiger partial charge in [-0.1, -0.05) is 28.1 Å². The minimum atomic E-state index is -3.16.